The van der Waals surface area contributed by atoms with Crippen molar-refractivity contribution in [2.45, 2.75) is 0 Å². The normalized spacial score (nSPS) is 11.1. The van der Waals surface area contributed by atoms with Gasteiger partial charge in [-0.05, 0) is 22.0 Å². The summed E-state index contributed by atoms with van der Waals surface area (Å²) in [5, 5.41) is 8.40. The van der Waals surface area contributed by atoms with Gasteiger partial charge in [-0.25, -0.2) is 4.79 Å². The molecule has 0 aromatic rings. The van der Waals surface area contributed by atoms with Gasteiger partial charge in [-0.15, -0.1) is 0 Å². The van der Waals surface area contributed by atoms with Crippen LogP contribution in [0, 0.1) is 0 Å². The monoisotopic (exact) mass is 210 g/mol. The molecule has 0 aliphatic carbocycles. The highest BCUT2D eigenvalue weighted by Crippen LogP contribution is 2.10. The predicted molar refractivity (Wildman–Crippen MR) is 39.6 cm³/mol. The van der Waals surface area contributed by atoms with Crippen molar-refractivity contribution in [3.63, 3.8) is 0 Å². The maximum absolute atomic E-state index is 10.0. The van der Waals surface area contributed by atoms with E-state index in [2.05, 4.69) is 22.5 Å². The molecule has 0 saturated carbocycles. The summed E-state index contributed by atoms with van der Waals surface area (Å²) in [6.07, 6.45) is 1.21. The van der Waals surface area contributed by atoms with E-state index in [1.807, 2.05) is 0 Å². The maximum atomic E-state index is 10.0. The van der Waals surface area contributed by atoms with Crippen LogP contribution in [0.25, 0.3) is 0 Å². The minimum atomic E-state index is -1.06. The van der Waals surface area contributed by atoms with E-state index in [1.165, 1.54) is 6.08 Å². The Hall–Kier alpha value is -0.280. The first-order valence-corrected chi connectivity index (χ1v) is 3.16. The van der Waals surface area contributed by atoms with Gasteiger partial charge in [0.05, 0.1) is 0 Å². The molecule has 2 nitrogen and oxygen atoms in total. The molecule has 0 amide bonds. The van der Waals surface area contributed by atoms with E-state index in [4.69, 9.17) is 16.7 Å². The van der Waals surface area contributed by atoms with Crippen molar-refractivity contribution in [3.8, 4) is 0 Å². The van der Waals surface area contributed by atoms with Crippen LogP contribution in [0.3, 0.4) is 0 Å². The van der Waals surface area contributed by atoms with Crippen LogP contribution in [0.1, 0.15) is 0 Å². The van der Waals surface area contributed by atoms with E-state index in [0.29, 0.717) is 0 Å². The molecule has 0 fully saturated rings. The first-order valence-electron chi connectivity index (χ1n) is 1.99. The fourth-order valence-corrected chi connectivity index (χ4v) is 0.716. The topological polar surface area (TPSA) is 37.3 Å². The summed E-state index contributed by atoms with van der Waals surface area (Å²) < 4.78 is 0.00231. The predicted octanol–water partition coefficient (Wildman–Crippen LogP) is 2.10. The summed E-state index contributed by atoms with van der Waals surface area (Å²) >= 11 is 8.01. The van der Waals surface area contributed by atoms with Gasteiger partial charge < -0.3 is 5.11 Å². The lowest BCUT2D eigenvalue weighted by molar-refractivity contribution is -0.131. The fourth-order valence-electron chi connectivity index (χ4n) is 0.199. The standard InChI is InChI=1S/C5H4BrClO2/c1-3(7)2-4(6)5(8)9/h2H,1H2,(H,8,9)/b4-2-. The largest absolute Gasteiger partial charge is 0.477 e. The molecule has 0 radical (unpaired) electrons. The van der Waals surface area contributed by atoms with Crippen LogP contribution >= 0.6 is 27.5 Å². The Morgan fingerprint density at radius 1 is 1.78 bits per heavy atom. The molecule has 9 heavy (non-hydrogen) atoms. The van der Waals surface area contributed by atoms with Crippen molar-refractivity contribution in [3.05, 3.63) is 22.2 Å². The molecule has 0 rings (SSSR count). The summed E-state index contributed by atoms with van der Waals surface area (Å²) in [6, 6.07) is 0. The Kier molecular flexibility index (Phi) is 3.58. The average Bonchev–Trinajstić information content (AvgIpc) is 1.63. The Morgan fingerprint density at radius 3 is 2.33 bits per heavy atom. The maximum Gasteiger partial charge on any atom is 0.342 e. The third kappa shape index (κ3) is 4.24. The second-order valence-electron chi connectivity index (χ2n) is 1.24. The molecular formula is C5H4BrClO2. The number of aliphatic carboxylic acids is 1. The summed E-state index contributed by atoms with van der Waals surface area (Å²) in [5.41, 5.74) is 0. The number of carboxylic acids is 1. The van der Waals surface area contributed by atoms with Crippen LogP contribution < -0.4 is 0 Å². The number of hydrogen-bond donors (Lipinski definition) is 1. The molecule has 0 aliphatic heterocycles. The Balaban J connectivity index is 4.17. The minimum Gasteiger partial charge on any atom is -0.477 e. The summed E-state index contributed by atoms with van der Waals surface area (Å²) in [4.78, 5) is 10.0. The quantitative estimate of drug-likeness (QED) is 0.561. The molecule has 0 aliphatic rings. The zero-order chi connectivity index (χ0) is 7.44. The smallest absolute Gasteiger partial charge is 0.342 e. The van der Waals surface area contributed by atoms with E-state index >= 15 is 0 Å². The van der Waals surface area contributed by atoms with Crippen molar-refractivity contribution >= 4 is 33.5 Å². The molecule has 0 aromatic carbocycles. The van der Waals surface area contributed by atoms with Gasteiger partial charge in [0.1, 0.15) is 4.48 Å². The van der Waals surface area contributed by atoms with Gasteiger partial charge in [0.2, 0.25) is 0 Å². The summed E-state index contributed by atoms with van der Waals surface area (Å²) in [6.45, 7) is 3.27. The average molecular weight is 211 g/mol. The number of allylic oxidation sites excluding steroid dienone is 2. The lowest BCUT2D eigenvalue weighted by Gasteiger charge is -1.86. The fraction of sp³-hybridized carbons (Fsp3) is 0. The number of rotatable bonds is 2. The van der Waals surface area contributed by atoms with Crippen LogP contribution in [0.4, 0.5) is 0 Å². The first kappa shape index (κ1) is 8.72. The van der Waals surface area contributed by atoms with Gasteiger partial charge in [0.25, 0.3) is 0 Å². The summed E-state index contributed by atoms with van der Waals surface area (Å²) in [5.74, 6) is -1.06. The van der Waals surface area contributed by atoms with Gasteiger partial charge in [0, 0.05) is 5.03 Å². The Labute approximate surface area is 65.9 Å². The number of hydrogen-bond acceptors (Lipinski definition) is 1. The van der Waals surface area contributed by atoms with Crippen LogP contribution in [-0.4, -0.2) is 11.1 Å². The van der Waals surface area contributed by atoms with E-state index in [9.17, 15) is 4.79 Å². The number of carbonyl (C=O) groups is 1. The van der Waals surface area contributed by atoms with Gasteiger partial charge in [0.15, 0.2) is 0 Å². The van der Waals surface area contributed by atoms with Crippen molar-refractivity contribution in [1.82, 2.24) is 0 Å². The van der Waals surface area contributed by atoms with Gasteiger partial charge in [-0.2, -0.15) is 0 Å². The highest BCUT2D eigenvalue weighted by molar-refractivity contribution is 9.12. The lowest BCUT2D eigenvalue weighted by Crippen LogP contribution is -1.92. The van der Waals surface area contributed by atoms with Crippen molar-refractivity contribution in [2.24, 2.45) is 0 Å². The summed E-state index contributed by atoms with van der Waals surface area (Å²) in [7, 11) is 0. The van der Waals surface area contributed by atoms with Crippen molar-refractivity contribution in [2.75, 3.05) is 0 Å². The third-order valence-electron chi connectivity index (χ3n) is 0.488. The SMILES string of the molecule is C=C(Cl)/C=C(\Br)C(=O)O. The van der Waals surface area contributed by atoms with E-state index < -0.39 is 5.97 Å². The molecule has 0 unspecified atom stereocenters. The lowest BCUT2D eigenvalue weighted by atomic mass is 10.5. The van der Waals surface area contributed by atoms with Gasteiger partial charge in [-0.3, -0.25) is 0 Å². The second kappa shape index (κ2) is 3.69. The number of halogens is 2. The zero-order valence-electron chi connectivity index (χ0n) is 4.40. The molecule has 50 valence electrons. The molecule has 0 saturated heterocycles. The minimum absolute atomic E-state index is 0.00231. The van der Waals surface area contributed by atoms with Crippen molar-refractivity contribution < 1.29 is 9.90 Å². The molecule has 0 bridgehead atoms. The number of carboxylic acid groups (broad SMARTS) is 1. The molecule has 0 aromatic heterocycles. The second-order valence-corrected chi connectivity index (χ2v) is 2.58. The van der Waals surface area contributed by atoms with E-state index in [1.54, 1.807) is 0 Å². The highest BCUT2D eigenvalue weighted by Gasteiger charge is 2.00. The Morgan fingerprint density at radius 2 is 2.22 bits per heavy atom. The highest BCUT2D eigenvalue weighted by atomic mass is 79.9. The van der Waals surface area contributed by atoms with Crippen LogP contribution in [0.2, 0.25) is 0 Å². The Bertz CT molecular complexity index is 174. The van der Waals surface area contributed by atoms with Crippen LogP contribution in [-0.2, 0) is 4.79 Å². The zero-order valence-corrected chi connectivity index (χ0v) is 6.74. The molecule has 1 N–H and O–H groups in total. The van der Waals surface area contributed by atoms with E-state index in [-0.39, 0.29) is 9.51 Å². The first-order chi connectivity index (χ1) is 4.04. The van der Waals surface area contributed by atoms with Crippen LogP contribution in [0.5, 0.6) is 0 Å². The molecule has 4 heteroatoms. The van der Waals surface area contributed by atoms with Gasteiger partial charge >= 0.3 is 5.97 Å². The van der Waals surface area contributed by atoms with Gasteiger partial charge in [-0.1, -0.05) is 18.2 Å². The molecule has 0 spiro atoms. The molecule has 0 atom stereocenters. The van der Waals surface area contributed by atoms with Crippen LogP contribution in [0.15, 0.2) is 22.2 Å². The molecule has 0 heterocycles. The van der Waals surface area contributed by atoms with E-state index in [0.717, 1.165) is 0 Å². The molecular weight excluding hydrogens is 207 g/mol. The third-order valence-corrected chi connectivity index (χ3v) is 1.16. The van der Waals surface area contributed by atoms with Crippen molar-refractivity contribution in [1.29, 1.82) is 0 Å².